The largest absolute Gasteiger partial charge is 0.462 e. The van der Waals surface area contributed by atoms with Crippen molar-refractivity contribution in [3.8, 4) is 0 Å². The quantitative estimate of drug-likeness (QED) is 0.0261. The summed E-state index contributed by atoms with van der Waals surface area (Å²) in [4.78, 5) is 38.3. The van der Waals surface area contributed by atoms with E-state index in [0.29, 0.717) is 19.3 Å². The molecule has 6 nitrogen and oxygen atoms in total. The molecule has 424 valence electrons. The van der Waals surface area contributed by atoms with Gasteiger partial charge in [-0.15, -0.1) is 0 Å². The number of carbonyl (C=O) groups excluding carboxylic acids is 3. The van der Waals surface area contributed by atoms with Crippen LogP contribution in [0.5, 0.6) is 0 Å². The van der Waals surface area contributed by atoms with Gasteiger partial charge in [-0.3, -0.25) is 14.4 Å². The van der Waals surface area contributed by atoms with Gasteiger partial charge in [-0.2, -0.15) is 0 Å². The number of rotatable bonds is 54. The molecule has 0 bridgehead atoms. The average molecular weight is 1040 g/mol. The van der Waals surface area contributed by atoms with Crippen molar-refractivity contribution in [2.45, 2.75) is 271 Å². The van der Waals surface area contributed by atoms with Gasteiger partial charge >= 0.3 is 17.9 Å². The minimum Gasteiger partial charge on any atom is -0.462 e. The van der Waals surface area contributed by atoms with Crippen molar-refractivity contribution in [1.29, 1.82) is 0 Å². The van der Waals surface area contributed by atoms with Gasteiger partial charge in [-0.25, -0.2) is 0 Å². The Bertz CT molecular complexity index is 1620. The van der Waals surface area contributed by atoms with E-state index in [1.54, 1.807) is 0 Å². The Morgan fingerprint density at radius 3 is 0.747 bits per heavy atom. The Kier molecular flexibility index (Phi) is 58.4. The van der Waals surface area contributed by atoms with Crippen molar-refractivity contribution in [3.05, 3.63) is 134 Å². The molecule has 0 amide bonds. The molecule has 0 aliphatic rings. The van der Waals surface area contributed by atoms with Gasteiger partial charge in [0.05, 0.1) is 0 Å². The van der Waals surface area contributed by atoms with E-state index in [-0.39, 0.29) is 31.1 Å². The first-order valence-corrected chi connectivity index (χ1v) is 30.7. The molecule has 0 radical (unpaired) electrons. The van der Waals surface area contributed by atoms with Gasteiger partial charge < -0.3 is 14.2 Å². The molecule has 75 heavy (non-hydrogen) atoms. The summed E-state index contributed by atoms with van der Waals surface area (Å²) >= 11 is 0. The number of esters is 3. The average Bonchev–Trinajstić information content (AvgIpc) is 3.41. The maximum atomic E-state index is 12.9. The monoisotopic (exact) mass is 1040 g/mol. The zero-order chi connectivity index (χ0) is 54.3. The van der Waals surface area contributed by atoms with Crippen molar-refractivity contribution in [1.82, 2.24) is 0 Å². The number of carbonyl (C=O) groups is 3. The lowest BCUT2D eigenvalue weighted by Gasteiger charge is -2.18. The molecule has 1 atom stereocenters. The van der Waals surface area contributed by atoms with E-state index in [9.17, 15) is 14.4 Å². The molecule has 0 aliphatic carbocycles. The second kappa shape index (κ2) is 62.1. The Hall–Kier alpha value is -4.45. The maximum Gasteiger partial charge on any atom is 0.306 e. The summed E-state index contributed by atoms with van der Waals surface area (Å²) < 4.78 is 16.9. The predicted octanol–water partition coefficient (Wildman–Crippen LogP) is 21.0. The summed E-state index contributed by atoms with van der Waals surface area (Å²) in [5.74, 6) is -0.927. The highest BCUT2D eigenvalue weighted by atomic mass is 16.6. The maximum absolute atomic E-state index is 12.9. The van der Waals surface area contributed by atoms with E-state index >= 15 is 0 Å². The third-order valence-corrected chi connectivity index (χ3v) is 12.6. The summed E-state index contributed by atoms with van der Waals surface area (Å²) in [5.41, 5.74) is 0. The van der Waals surface area contributed by atoms with Gasteiger partial charge in [-0.1, -0.05) is 251 Å². The van der Waals surface area contributed by atoms with E-state index in [1.165, 1.54) is 64.2 Å². The predicted molar refractivity (Wildman–Crippen MR) is 325 cm³/mol. The van der Waals surface area contributed by atoms with Crippen molar-refractivity contribution in [2.24, 2.45) is 0 Å². The SMILES string of the molecule is CC/C=C\C/C=C\C/C=C\C/C=C\CCCCCCCCCCC(=O)OCC(COC(=O)CCCCCCC/C=C\C/C=C\C/C=C\CC)OC(=O)CCCCCCCCCC/C=C\C/C=C\C/C=C\C/C=C\CC. The van der Waals surface area contributed by atoms with E-state index in [4.69, 9.17) is 14.2 Å². The van der Waals surface area contributed by atoms with E-state index in [2.05, 4.69) is 154 Å². The van der Waals surface area contributed by atoms with Crippen LogP contribution in [0.25, 0.3) is 0 Å². The lowest BCUT2D eigenvalue weighted by molar-refractivity contribution is -0.167. The first-order valence-electron chi connectivity index (χ1n) is 30.7. The molecule has 0 aromatic carbocycles. The van der Waals surface area contributed by atoms with Gasteiger partial charge in [0.1, 0.15) is 13.2 Å². The number of unbranched alkanes of at least 4 members (excludes halogenated alkanes) is 21. The molecular formula is C69H112O6. The number of hydrogen-bond donors (Lipinski definition) is 0. The third-order valence-electron chi connectivity index (χ3n) is 12.6. The van der Waals surface area contributed by atoms with Crippen molar-refractivity contribution >= 4 is 17.9 Å². The van der Waals surface area contributed by atoms with Crippen LogP contribution < -0.4 is 0 Å². The molecule has 0 saturated heterocycles. The topological polar surface area (TPSA) is 78.9 Å². The van der Waals surface area contributed by atoms with Crippen LogP contribution in [0.1, 0.15) is 265 Å². The van der Waals surface area contributed by atoms with Crippen molar-refractivity contribution in [2.75, 3.05) is 13.2 Å². The van der Waals surface area contributed by atoms with Crippen LogP contribution in [0.2, 0.25) is 0 Å². The lowest BCUT2D eigenvalue weighted by atomic mass is 10.1. The summed E-state index contributed by atoms with van der Waals surface area (Å²) in [6.07, 6.45) is 87.3. The van der Waals surface area contributed by atoms with Crippen LogP contribution in [-0.2, 0) is 28.6 Å². The third kappa shape index (κ3) is 60.3. The highest BCUT2D eigenvalue weighted by Crippen LogP contribution is 2.15. The number of allylic oxidation sites excluding steroid dienone is 22. The highest BCUT2D eigenvalue weighted by molar-refractivity contribution is 5.71. The van der Waals surface area contributed by atoms with Gasteiger partial charge in [0.2, 0.25) is 0 Å². The van der Waals surface area contributed by atoms with E-state index in [1.807, 2.05) is 0 Å². The summed E-state index contributed by atoms with van der Waals surface area (Å²) in [6, 6.07) is 0. The molecule has 0 heterocycles. The smallest absolute Gasteiger partial charge is 0.306 e. The summed E-state index contributed by atoms with van der Waals surface area (Å²) in [5, 5.41) is 0. The fourth-order valence-electron chi connectivity index (χ4n) is 8.15. The summed E-state index contributed by atoms with van der Waals surface area (Å²) in [7, 11) is 0. The second-order valence-electron chi connectivity index (χ2n) is 19.8. The van der Waals surface area contributed by atoms with Crippen molar-refractivity contribution in [3.63, 3.8) is 0 Å². The summed E-state index contributed by atoms with van der Waals surface area (Å²) in [6.45, 7) is 6.28. The van der Waals surface area contributed by atoms with Crippen LogP contribution in [0.3, 0.4) is 0 Å². The Morgan fingerprint density at radius 1 is 0.267 bits per heavy atom. The molecule has 0 spiro atoms. The first kappa shape index (κ1) is 70.5. The Balaban J connectivity index is 4.44. The molecule has 1 unspecified atom stereocenters. The normalized spacial score (nSPS) is 13.1. The highest BCUT2D eigenvalue weighted by Gasteiger charge is 2.19. The van der Waals surface area contributed by atoms with Crippen LogP contribution in [0.4, 0.5) is 0 Å². The zero-order valence-corrected chi connectivity index (χ0v) is 48.5. The van der Waals surface area contributed by atoms with Gasteiger partial charge in [0.25, 0.3) is 0 Å². The number of ether oxygens (including phenoxy) is 3. The van der Waals surface area contributed by atoms with Crippen LogP contribution in [0, 0.1) is 0 Å². The molecule has 0 N–H and O–H groups in total. The molecule has 0 saturated carbocycles. The molecule has 0 fully saturated rings. The molecule has 0 rings (SSSR count). The Morgan fingerprint density at radius 2 is 0.480 bits per heavy atom. The fraction of sp³-hybridized carbons (Fsp3) is 0.638. The first-order chi connectivity index (χ1) is 37.0. The zero-order valence-electron chi connectivity index (χ0n) is 48.5. The lowest BCUT2D eigenvalue weighted by Crippen LogP contribution is -2.30. The van der Waals surface area contributed by atoms with Gasteiger partial charge in [-0.05, 0) is 128 Å². The van der Waals surface area contributed by atoms with Crippen LogP contribution in [0.15, 0.2) is 134 Å². The minimum atomic E-state index is -0.800. The Labute approximate surface area is 462 Å². The molecular weight excluding hydrogens is 925 g/mol. The van der Waals surface area contributed by atoms with Crippen molar-refractivity contribution < 1.29 is 28.6 Å². The second-order valence-corrected chi connectivity index (χ2v) is 19.8. The minimum absolute atomic E-state index is 0.0952. The molecule has 0 aromatic heterocycles. The van der Waals surface area contributed by atoms with Crippen LogP contribution in [-0.4, -0.2) is 37.2 Å². The number of hydrogen-bond acceptors (Lipinski definition) is 6. The van der Waals surface area contributed by atoms with Crippen LogP contribution >= 0.6 is 0 Å². The van der Waals surface area contributed by atoms with Gasteiger partial charge in [0, 0.05) is 19.3 Å². The van der Waals surface area contributed by atoms with E-state index in [0.717, 1.165) is 161 Å². The standard InChI is InChI=1S/C69H112O6/c1-4-7-10-13-16-19-22-25-28-30-32-34-36-38-41-44-47-50-53-56-59-62-68(71)74-65-66(64-73-67(70)61-58-55-52-49-46-43-40-27-24-21-18-15-12-9-6-3)75-69(72)63-60-57-54-51-48-45-42-39-37-35-33-31-29-26-23-20-17-14-11-8-5-2/h7-12,16-21,25-29,32-35,40,66H,4-6,13-15,22-24,30-31,36-39,41-65H2,1-3H3/b10-7-,11-8-,12-9-,19-16-,20-17-,21-18-,28-25-,29-26-,34-32-,35-33-,40-27-. The fourth-order valence-corrected chi connectivity index (χ4v) is 8.15. The molecule has 0 aromatic rings. The van der Waals surface area contributed by atoms with E-state index < -0.39 is 6.10 Å². The molecule has 6 heteroatoms. The molecule has 0 aliphatic heterocycles. The van der Waals surface area contributed by atoms with Gasteiger partial charge in [0.15, 0.2) is 6.10 Å².